The van der Waals surface area contributed by atoms with Crippen LogP contribution in [0.1, 0.15) is 29.0 Å². The van der Waals surface area contributed by atoms with E-state index in [0.29, 0.717) is 5.56 Å². The summed E-state index contributed by atoms with van der Waals surface area (Å²) in [6, 6.07) is 1.53. The molecule has 7 nitrogen and oxygen atoms in total. The molecule has 1 aliphatic heterocycles. The van der Waals surface area contributed by atoms with E-state index < -0.39 is 5.91 Å². The minimum absolute atomic E-state index is 0.0139. The van der Waals surface area contributed by atoms with E-state index in [1.54, 1.807) is 0 Å². The molecule has 0 saturated carbocycles. The molecular formula is C10H11N3O4. The number of nitrogens with zero attached hydrogens (tertiary/aromatic N) is 1. The van der Waals surface area contributed by atoms with Gasteiger partial charge in [0.1, 0.15) is 0 Å². The summed E-state index contributed by atoms with van der Waals surface area (Å²) in [7, 11) is 0. The summed E-state index contributed by atoms with van der Waals surface area (Å²) in [6.07, 6.45) is 1.75. The van der Waals surface area contributed by atoms with Crippen molar-refractivity contribution in [2.75, 3.05) is 0 Å². The molecule has 0 bridgehead atoms. The zero-order valence-electron chi connectivity index (χ0n) is 8.93. The van der Waals surface area contributed by atoms with Gasteiger partial charge in [-0.15, -0.1) is 0 Å². The second-order valence-corrected chi connectivity index (χ2v) is 3.62. The third-order valence-corrected chi connectivity index (χ3v) is 2.57. The quantitative estimate of drug-likeness (QED) is 0.320. The molecule has 1 aliphatic rings. The van der Waals surface area contributed by atoms with Crippen molar-refractivity contribution in [2.45, 2.75) is 19.4 Å². The number of likely N-dealkylation sites (tertiary alicyclic amines) is 1. The Labute approximate surface area is 96.5 Å². The van der Waals surface area contributed by atoms with E-state index in [9.17, 15) is 14.4 Å². The number of imide groups is 1. The summed E-state index contributed by atoms with van der Waals surface area (Å²) in [5.74, 6) is 3.93. The average molecular weight is 237 g/mol. The summed E-state index contributed by atoms with van der Waals surface area (Å²) in [4.78, 5) is 35.2. The van der Waals surface area contributed by atoms with Crippen molar-refractivity contribution in [1.29, 1.82) is 0 Å². The van der Waals surface area contributed by atoms with Crippen LogP contribution in [-0.2, 0) is 16.1 Å². The molecule has 7 heteroatoms. The highest BCUT2D eigenvalue weighted by atomic mass is 16.3. The molecule has 1 aromatic heterocycles. The summed E-state index contributed by atoms with van der Waals surface area (Å²) in [5, 5.41) is 0. The molecule has 17 heavy (non-hydrogen) atoms. The first-order valence-electron chi connectivity index (χ1n) is 5.04. The zero-order chi connectivity index (χ0) is 12.4. The highest BCUT2D eigenvalue weighted by molar-refractivity contribution is 6.02. The third kappa shape index (κ3) is 2.04. The van der Waals surface area contributed by atoms with Crippen molar-refractivity contribution in [1.82, 2.24) is 10.3 Å². The fourth-order valence-corrected chi connectivity index (χ4v) is 1.69. The highest BCUT2D eigenvalue weighted by Crippen LogP contribution is 2.18. The summed E-state index contributed by atoms with van der Waals surface area (Å²) in [6.45, 7) is 0.0386. The van der Waals surface area contributed by atoms with E-state index >= 15 is 0 Å². The maximum atomic E-state index is 11.4. The van der Waals surface area contributed by atoms with Gasteiger partial charge in [-0.1, -0.05) is 0 Å². The lowest BCUT2D eigenvalue weighted by Gasteiger charge is -2.12. The molecule has 0 aliphatic carbocycles. The number of carbonyl (C=O) groups is 3. The summed E-state index contributed by atoms with van der Waals surface area (Å²) < 4.78 is 4.96. The predicted molar refractivity (Wildman–Crippen MR) is 55.2 cm³/mol. The topological polar surface area (TPSA) is 106 Å². The Kier molecular flexibility index (Phi) is 2.92. The summed E-state index contributed by atoms with van der Waals surface area (Å²) >= 11 is 0. The van der Waals surface area contributed by atoms with Crippen molar-refractivity contribution < 1.29 is 18.8 Å². The SMILES string of the molecule is NNC(=O)c1occc1CN1C(=O)CCC1=O. The highest BCUT2D eigenvalue weighted by Gasteiger charge is 2.30. The van der Waals surface area contributed by atoms with Crippen molar-refractivity contribution in [3.8, 4) is 0 Å². The van der Waals surface area contributed by atoms with E-state index in [2.05, 4.69) is 0 Å². The van der Waals surface area contributed by atoms with E-state index in [1.807, 2.05) is 5.43 Å². The minimum Gasteiger partial charge on any atom is -0.459 e. The van der Waals surface area contributed by atoms with Crippen LogP contribution in [0, 0.1) is 0 Å². The average Bonchev–Trinajstić information content (AvgIpc) is 2.90. The van der Waals surface area contributed by atoms with Crippen LogP contribution in [-0.4, -0.2) is 22.6 Å². The van der Waals surface area contributed by atoms with Gasteiger partial charge in [0.25, 0.3) is 0 Å². The lowest BCUT2D eigenvalue weighted by molar-refractivity contribution is -0.139. The molecule has 3 N–H and O–H groups in total. The van der Waals surface area contributed by atoms with Crippen molar-refractivity contribution >= 4 is 17.7 Å². The molecule has 3 amide bonds. The summed E-state index contributed by atoms with van der Waals surface area (Å²) in [5.41, 5.74) is 2.39. The van der Waals surface area contributed by atoms with Crippen LogP contribution in [0.4, 0.5) is 0 Å². The Bertz CT molecular complexity index is 464. The molecule has 0 spiro atoms. The van der Waals surface area contributed by atoms with Crippen LogP contribution in [0.5, 0.6) is 0 Å². The molecule has 0 radical (unpaired) electrons. The van der Waals surface area contributed by atoms with Gasteiger partial charge in [-0.2, -0.15) is 0 Å². The third-order valence-electron chi connectivity index (χ3n) is 2.57. The number of nitrogens with one attached hydrogen (secondary N) is 1. The Morgan fingerprint density at radius 2 is 2.06 bits per heavy atom. The van der Waals surface area contributed by atoms with E-state index in [0.717, 1.165) is 4.90 Å². The second kappa shape index (κ2) is 4.38. The van der Waals surface area contributed by atoms with E-state index in [4.69, 9.17) is 10.3 Å². The van der Waals surface area contributed by atoms with Crippen LogP contribution in [0.25, 0.3) is 0 Å². The molecule has 1 aromatic rings. The molecule has 0 aromatic carbocycles. The van der Waals surface area contributed by atoms with Gasteiger partial charge < -0.3 is 4.42 Å². The lowest BCUT2D eigenvalue weighted by atomic mass is 10.2. The Balaban J connectivity index is 2.19. The Morgan fingerprint density at radius 1 is 1.41 bits per heavy atom. The van der Waals surface area contributed by atoms with Crippen LogP contribution >= 0.6 is 0 Å². The molecule has 2 rings (SSSR count). The fourth-order valence-electron chi connectivity index (χ4n) is 1.69. The number of amides is 3. The van der Waals surface area contributed by atoms with Crippen molar-refractivity contribution in [3.63, 3.8) is 0 Å². The second-order valence-electron chi connectivity index (χ2n) is 3.62. The van der Waals surface area contributed by atoms with Crippen LogP contribution in [0.15, 0.2) is 16.7 Å². The zero-order valence-corrected chi connectivity index (χ0v) is 8.93. The standard InChI is InChI=1S/C10H11N3O4/c11-12-10(16)9-6(3-4-17-9)5-13-7(14)1-2-8(13)15/h3-4H,1-2,5,11H2,(H,12,16). The normalized spacial score (nSPS) is 15.5. The number of hydrazine groups is 1. The maximum absolute atomic E-state index is 11.4. The number of nitrogens with two attached hydrogens (primary N) is 1. The lowest BCUT2D eigenvalue weighted by Crippen LogP contribution is -2.32. The van der Waals surface area contributed by atoms with Gasteiger partial charge in [0.15, 0.2) is 5.76 Å². The monoisotopic (exact) mass is 237 g/mol. The molecule has 0 atom stereocenters. The molecule has 90 valence electrons. The number of carbonyl (C=O) groups excluding carboxylic acids is 3. The van der Waals surface area contributed by atoms with Crippen LogP contribution < -0.4 is 11.3 Å². The van der Waals surface area contributed by atoms with Crippen molar-refractivity contribution in [3.05, 3.63) is 23.7 Å². The molecule has 2 heterocycles. The number of rotatable bonds is 3. The number of furan rings is 1. The Hall–Kier alpha value is -2.15. The van der Waals surface area contributed by atoms with Gasteiger partial charge in [0.2, 0.25) is 11.8 Å². The van der Waals surface area contributed by atoms with Crippen molar-refractivity contribution in [2.24, 2.45) is 5.84 Å². The van der Waals surface area contributed by atoms with Gasteiger partial charge in [0, 0.05) is 18.4 Å². The number of hydrogen-bond acceptors (Lipinski definition) is 5. The maximum Gasteiger partial charge on any atom is 0.301 e. The fraction of sp³-hybridized carbons (Fsp3) is 0.300. The van der Waals surface area contributed by atoms with E-state index in [1.165, 1.54) is 12.3 Å². The van der Waals surface area contributed by atoms with Gasteiger partial charge in [-0.25, -0.2) is 5.84 Å². The first-order chi connectivity index (χ1) is 8.13. The molecule has 0 unspecified atom stereocenters. The van der Waals surface area contributed by atoms with Gasteiger partial charge in [-0.05, 0) is 6.07 Å². The largest absolute Gasteiger partial charge is 0.459 e. The predicted octanol–water partition coefficient (Wildman–Crippen LogP) is -0.468. The van der Waals surface area contributed by atoms with Crippen LogP contribution in [0.2, 0.25) is 0 Å². The molecule has 1 saturated heterocycles. The van der Waals surface area contributed by atoms with Gasteiger partial charge >= 0.3 is 5.91 Å². The smallest absolute Gasteiger partial charge is 0.301 e. The van der Waals surface area contributed by atoms with Gasteiger partial charge in [-0.3, -0.25) is 24.7 Å². The molecular weight excluding hydrogens is 226 g/mol. The van der Waals surface area contributed by atoms with Gasteiger partial charge in [0.05, 0.1) is 12.8 Å². The molecule has 1 fully saturated rings. The number of hydrogen-bond donors (Lipinski definition) is 2. The number of nitrogen functional groups attached to an aromatic ring is 1. The first-order valence-corrected chi connectivity index (χ1v) is 5.04. The van der Waals surface area contributed by atoms with Crippen LogP contribution in [0.3, 0.4) is 0 Å². The Morgan fingerprint density at radius 3 is 2.65 bits per heavy atom. The first kappa shape index (κ1) is 11.3. The minimum atomic E-state index is -0.593. The van der Waals surface area contributed by atoms with E-state index in [-0.39, 0.29) is 37.0 Å².